The summed E-state index contributed by atoms with van der Waals surface area (Å²) in [5.74, 6) is -0.741. The molecule has 0 spiro atoms. The number of esters is 1. The van der Waals surface area contributed by atoms with Gasteiger partial charge in [0.05, 0.1) is 0 Å². The number of ether oxygens (including phenoxy) is 1. The standard InChI is InChI=1S/C13H13FO2/c1-10(2)9-16-13(15)8-5-11-3-6-12(14)7-4-11/h3-8H,1,9H2,2H3/b8-5+. The van der Waals surface area contributed by atoms with Gasteiger partial charge >= 0.3 is 5.97 Å². The number of hydrogen-bond donors (Lipinski definition) is 0. The maximum Gasteiger partial charge on any atom is 0.331 e. The molecule has 16 heavy (non-hydrogen) atoms. The Morgan fingerprint density at radius 1 is 1.44 bits per heavy atom. The lowest BCUT2D eigenvalue weighted by atomic mass is 10.2. The van der Waals surface area contributed by atoms with Gasteiger partial charge in [-0.1, -0.05) is 18.7 Å². The topological polar surface area (TPSA) is 26.3 Å². The van der Waals surface area contributed by atoms with E-state index < -0.39 is 5.97 Å². The second kappa shape index (κ2) is 5.85. The van der Waals surface area contributed by atoms with Crippen LogP contribution in [0, 0.1) is 5.82 Å². The Hall–Kier alpha value is -1.90. The van der Waals surface area contributed by atoms with Gasteiger partial charge in [0.25, 0.3) is 0 Å². The summed E-state index contributed by atoms with van der Waals surface area (Å²) in [5, 5.41) is 0. The molecule has 0 aliphatic rings. The number of benzene rings is 1. The molecule has 0 unspecified atom stereocenters. The summed E-state index contributed by atoms with van der Waals surface area (Å²) in [6.45, 7) is 5.60. The van der Waals surface area contributed by atoms with Gasteiger partial charge in [-0.2, -0.15) is 0 Å². The molecular formula is C13H13FO2. The van der Waals surface area contributed by atoms with E-state index >= 15 is 0 Å². The summed E-state index contributed by atoms with van der Waals surface area (Å²) in [6.07, 6.45) is 2.87. The first-order chi connectivity index (χ1) is 7.58. The molecule has 0 aromatic heterocycles. The molecule has 1 aromatic carbocycles. The molecular weight excluding hydrogens is 207 g/mol. The Morgan fingerprint density at radius 2 is 2.06 bits per heavy atom. The van der Waals surface area contributed by atoms with Gasteiger partial charge in [0.1, 0.15) is 12.4 Å². The zero-order valence-electron chi connectivity index (χ0n) is 9.07. The van der Waals surface area contributed by atoms with Gasteiger partial charge in [-0.05, 0) is 36.3 Å². The molecule has 84 valence electrons. The lowest BCUT2D eigenvalue weighted by Crippen LogP contribution is -2.02. The average molecular weight is 220 g/mol. The molecule has 0 amide bonds. The minimum Gasteiger partial charge on any atom is -0.458 e. The van der Waals surface area contributed by atoms with Crippen molar-refractivity contribution in [2.24, 2.45) is 0 Å². The molecule has 0 N–H and O–H groups in total. The normalized spacial score (nSPS) is 10.4. The summed E-state index contributed by atoms with van der Waals surface area (Å²) in [5.41, 5.74) is 1.53. The molecule has 0 saturated carbocycles. The Balaban J connectivity index is 2.50. The Labute approximate surface area is 94.0 Å². The predicted octanol–water partition coefficient (Wildman–Crippen LogP) is 2.96. The number of halogens is 1. The van der Waals surface area contributed by atoms with E-state index in [0.29, 0.717) is 0 Å². The van der Waals surface area contributed by atoms with Crippen molar-refractivity contribution in [2.45, 2.75) is 6.92 Å². The van der Waals surface area contributed by atoms with E-state index in [4.69, 9.17) is 4.74 Å². The van der Waals surface area contributed by atoms with Gasteiger partial charge in [-0.25, -0.2) is 9.18 Å². The third-order valence-corrected chi connectivity index (χ3v) is 1.74. The first-order valence-corrected chi connectivity index (χ1v) is 4.83. The second-order valence-corrected chi connectivity index (χ2v) is 3.45. The fourth-order valence-electron chi connectivity index (χ4n) is 0.981. The third-order valence-electron chi connectivity index (χ3n) is 1.74. The summed E-state index contributed by atoms with van der Waals surface area (Å²) in [7, 11) is 0. The monoisotopic (exact) mass is 220 g/mol. The highest BCUT2D eigenvalue weighted by molar-refractivity contribution is 5.87. The quantitative estimate of drug-likeness (QED) is 0.443. The number of carbonyl (C=O) groups is 1. The van der Waals surface area contributed by atoms with E-state index in [2.05, 4.69) is 6.58 Å². The number of carbonyl (C=O) groups excluding carboxylic acids is 1. The van der Waals surface area contributed by atoms with E-state index in [-0.39, 0.29) is 12.4 Å². The van der Waals surface area contributed by atoms with Gasteiger partial charge in [0, 0.05) is 6.08 Å². The molecule has 3 heteroatoms. The van der Waals surface area contributed by atoms with Crippen molar-refractivity contribution in [3.8, 4) is 0 Å². The first kappa shape index (κ1) is 12.2. The Kier molecular flexibility index (Phi) is 4.45. The van der Waals surface area contributed by atoms with Crippen molar-refractivity contribution < 1.29 is 13.9 Å². The van der Waals surface area contributed by atoms with E-state index in [1.807, 2.05) is 0 Å². The molecule has 0 aliphatic heterocycles. The van der Waals surface area contributed by atoms with Crippen molar-refractivity contribution in [1.82, 2.24) is 0 Å². The Morgan fingerprint density at radius 3 is 2.62 bits per heavy atom. The predicted molar refractivity (Wildman–Crippen MR) is 61.2 cm³/mol. The van der Waals surface area contributed by atoms with Crippen molar-refractivity contribution >= 4 is 12.0 Å². The van der Waals surface area contributed by atoms with Crippen LogP contribution in [0.15, 0.2) is 42.5 Å². The molecule has 0 saturated heterocycles. The summed E-state index contributed by atoms with van der Waals surface area (Å²) in [4.78, 5) is 11.2. The molecule has 0 heterocycles. The van der Waals surface area contributed by atoms with Crippen LogP contribution < -0.4 is 0 Å². The SMILES string of the molecule is C=C(C)COC(=O)/C=C/c1ccc(F)cc1. The zero-order valence-corrected chi connectivity index (χ0v) is 9.07. The lowest BCUT2D eigenvalue weighted by molar-refractivity contribution is -0.136. The largest absolute Gasteiger partial charge is 0.458 e. The van der Waals surface area contributed by atoms with Crippen LogP contribution in [-0.4, -0.2) is 12.6 Å². The summed E-state index contributed by atoms with van der Waals surface area (Å²) < 4.78 is 17.4. The number of rotatable bonds is 4. The first-order valence-electron chi connectivity index (χ1n) is 4.83. The third kappa shape index (κ3) is 4.55. The van der Waals surface area contributed by atoms with E-state index in [1.54, 1.807) is 25.1 Å². The molecule has 0 bridgehead atoms. The minimum absolute atomic E-state index is 0.215. The van der Waals surface area contributed by atoms with Crippen LogP contribution in [0.1, 0.15) is 12.5 Å². The lowest BCUT2D eigenvalue weighted by Gasteiger charge is -1.99. The fraction of sp³-hybridized carbons (Fsp3) is 0.154. The smallest absolute Gasteiger partial charge is 0.331 e. The molecule has 1 rings (SSSR count). The summed E-state index contributed by atoms with van der Waals surface area (Å²) >= 11 is 0. The molecule has 0 aliphatic carbocycles. The van der Waals surface area contributed by atoms with E-state index in [0.717, 1.165) is 11.1 Å². The maximum absolute atomic E-state index is 12.6. The molecule has 0 atom stereocenters. The van der Waals surface area contributed by atoms with Gasteiger partial charge in [-0.15, -0.1) is 0 Å². The van der Waals surface area contributed by atoms with E-state index in [9.17, 15) is 9.18 Å². The average Bonchev–Trinajstić information content (AvgIpc) is 2.25. The highest BCUT2D eigenvalue weighted by Gasteiger charge is 1.96. The zero-order chi connectivity index (χ0) is 12.0. The molecule has 0 fully saturated rings. The summed E-state index contributed by atoms with van der Waals surface area (Å²) in [6, 6.07) is 5.83. The molecule has 1 aromatic rings. The fourth-order valence-corrected chi connectivity index (χ4v) is 0.981. The van der Waals surface area contributed by atoms with Gasteiger partial charge in [0.2, 0.25) is 0 Å². The van der Waals surface area contributed by atoms with Crippen LogP contribution >= 0.6 is 0 Å². The van der Waals surface area contributed by atoms with Crippen molar-refractivity contribution in [2.75, 3.05) is 6.61 Å². The molecule has 2 nitrogen and oxygen atoms in total. The van der Waals surface area contributed by atoms with Gasteiger partial charge in [0.15, 0.2) is 0 Å². The Bertz CT molecular complexity index is 404. The van der Waals surface area contributed by atoms with Crippen molar-refractivity contribution in [3.05, 3.63) is 53.9 Å². The van der Waals surface area contributed by atoms with Crippen molar-refractivity contribution in [3.63, 3.8) is 0 Å². The van der Waals surface area contributed by atoms with Crippen LogP contribution in [0.3, 0.4) is 0 Å². The minimum atomic E-state index is -0.438. The van der Waals surface area contributed by atoms with Crippen LogP contribution in [0.4, 0.5) is 4.39 Å². The van der Waals surface area contributed by atoms with Gasteiger partial charge in [-0.3, -0.25) is 0 Å². The van der Waals surface area contributed by atoms with Crippen LogP contribution in [0.25, 0.3) is 6.08 Å². The van der Waals surface area contributed by atoms with E-state index in [1.165, 1.54) is 18.2 Å². The van der Waals surface area contributed by atoms with Crippen molar-refractivity contribution in [1.29, 1.82) is 0 Å². The van der Waals surface area contributed by atoms with Crippen LogP contribution in [0.5, 0.6) is 0 Å². The number of hydrogen-bond acceptors (Lipinski definition) is 2. The maximum atomic E-state index is 12.6. The van der Waals surface area contributed by atoms with Crippen LogP contribution in [0.2, 0.25) is 0 Å². The second-order valence-electron chi connectivity index (χ2n) is 3.45. The molecule has 0 radical (unpaired) electrons. The van der Waals surface area contributed by atoms with Gasteiger partial charge < -0.3 is 4.74 Å². The van der Waals surface area contributed by atoms with Crippen LogP contribution in [-0.2, 0) is 9.53 Å². The highest BCUT2D eigenvalue weighted by atomic mass is 19.1. The highest BCUT2D eigenvalue weighted by Crippen LogP contribution is 2.04.